The smallest absolute Gasteiger partial charge is 0.311 e. The summed E-state index contributed by atoms with van der Waals surface area (Å²) in [7, 11) is 0. The first kappa shape index (κ1) is 19.0. The molecule has 1 N–H and O–H groups in total. The van der Waals surface area contributed by atoms with Gasteiger partial charge in [-0.15, -0.1) is 0 Å². The first-order chi connectivity index (χ1) is 11.8. The maximum Gasteiger partial charge on any atom is 0.311 e. The third-order valence-corrected chi connectivity index (χ3v) is 4.04. The maximum atomic E-state index is 12.1. The normalized spacial score (nSPS) is 11.7. The summed E-state index contributed by atoms with van der Waals surface area (Å²) in [4.78, 5) is 22.6. The minimum absolute atomic E-state index is 0.0444. The number of hydrogen-bond donors (Lipinski definition) is 1. The van der Waals surface area contributed by atoms with E-state index in [9.17, 15) is 14.9 Å². The minimum Gasteiger partial charge on any atom is -0.477 e. The van der Waals surface area contributed by atoms with E-state index in [4.69, 9.17) is 27.9 Å². The van der Waals surface area contributed by atoms with Gasteiger partial charge in [-0.2, -0.15) is 0 Å². The molecular formula is C17H16Cl2N2O4. The Morgan fingerprint density at radius 1 is 1.28 bits per heavy atom. The Balaban J connectivity index is 2.00. The Morgan fingerprint density at radius 3 is 2.64 bits per heavy atom. The molecule has 0 saturated carbocycles. The van der Waals surface area contributed by atoms with Crippen LogP contribution in [-0.4, -0.2) is 17.4 Å². The Labute approximate surface area is 154 Å². The molecule has 0 unspecified atom stereocenters. The van der Waals surface area contributed by atoms with Crippen LogP contribution in [0.3, 0.4) is 0 Å². The highest BCUT2D eigenvalue weighted by molar-refractivity contribution is 6.35. The predicted molar refractivity (Wildman–Crippen MR) is 96.3 cm³/mol. The summed E-state index contributed by atoms with van der Waals surface area (Å²) in [6.45, 7) is 3.15. The molecule has 0 fully saturated rings. The molecule has 0 bridgehead atoms. The molecule has 0 heterocycles. The van der Waals surface area contributed by atoms with Gasteiger partial charge in [-0.3, -0.25) is 14.9 Å². The lowest BCUT2D eigenvalue weighted by atomic mass is 10.1. The number of benzene rings is 2. The van der Waals surface area contributed by atoms with Crippen LogP contribution in [0.4, 0.5) is 5.69 Å². The summed E-state index contributed by atoms with van der Waals surface area (Å²) >= 11 is 12.0. The van der Waals surface area contributed by atoms with E-state index in [2.05, 4.69) is 5.32 Å². The SMILES string of the molecule is Cc1ccc(OCC(=O)N[C@@H](C)c2ccc(Cl)cc2Cl)c([N+](=O)[O-])c1. The van der Waals surface area contributed by atoms with Crippen LogP contribution in [0.25, 0.3) is 0 Å². The Hall–Kier alpha value is -2.31. The van der Waals surface area contributed by atoms with Crippen LogP contribution in [0.2, 0.25) is 10.0 Å². The number of amides is 1. The second-order valence-electron chi connectivity index (χ2n) is 5.47. The largest absolute Gasteiger partial charge is 0.477 e. The molecule has 2 rings (SSSR count). The summed E-state index contributed by atoms with van der Waals surface area (Å²) in [5.74, 6) is -0.378. The standard InChI is InChI=1S/C17H16Cl2N2O4/c1-10-3-6-16(15(7-10)21(23)24)25-9-17(22)20-11(2)13-5-4-12(18)8-14(13)19/h3-8,11H,9H2,1-2H3,(H,20,22)/t11-/m0/s1. The first-order valence-corrected chi connectivity index (χ1v) is 8.15. The number of nitrogens with zero attached hydrogens (tertiary/aromatic N) is 1. The van der Waals surface area contributed by atoms with Gasteiger partial charge in [-0.05, 0) is 43.2 Å². The number of ether oxygens (including phenoxy) is 1. The highest BCUT2D eigenvalue weighted by Gasteiger charge is 2.18. The van der Waals surface area contributed by atoms with E-state index < -0.39 is 10.8 Å². The molecule has 8 heteroatoms. The molecule has 0 aliphatic carbocycles. The number of rotatable bonds is 6. The topological polar surface area (TPSA) is 81.5 Å². The molecule has 6 nitrogen and oxygen atoms in total. The van der Waals surface area contributed by atoms with Crippen LogP contribution in [-0.2, 0) is 4.79 Å². The lowest BCUT2D eigenvalue weighted by Crippen LogP contribution is -2.31. The zero-order chi connectivity index (χ0) is 18.6. The molecule has 0 radical (unpaired) electrons. The fraction of sp³-hybridized carbons (Fsp3) is 0.235. The lowest BCUT2D eigenvalue weighted by Gasteiger charge is -2.16. The summed E-state index contributed by atoms with van der Waals surface area (Å²) in [5, 5.41) is 14.7. The molecular weight excluding hydrogens is 367 g/mol. The zero-order valence-corrected chi connectivity index (χ0v) is 15.1. The molecule has 1 amide bonds. The van der Waals surface area contributed by atoms with Crippen LogP contribution in [0, 0.1) is 17.0 Å². The van der Waals surface area contributed by atoms with Gasteiger partial charge in [0, 0.05) is 16.1 Å². The van der Waals surface area contributed by atoms with E-state index in [1.807, 2.05) is 0 Å². The second-order valence-corrected chi connectivity index (χ2v) is 6.32. The Kier molecular flexibility index (Phi) is 6.22. The van der Waals surface area contributed by atoms with Crippen molar-refractivity contribution in [3.8, 4) is 5.75 Å². The van der Waals surface area contributed by atoms with E-state index in [0.29, 0.717) is 15.6 Å². The van der Waals surface area contributed by atoms with Crippen molar-refractivity contribution in [2.24, 2.45) is 0 Å². The lowest BCUT2D eigenvalue weighted by molar-refractivity contribution is -0.385. The predicted octanol–water partition coefficient (Wildman–Crippen LogP) is 4.47. The van der Waals surface area contributed by atoms with Gasteiger partial charge in [0.2, 0.25) is 0 Å². The number of nitrogens with one attached hydrogen (secondary N) is 1. The monoisotopic (exact) mass is 382 g/mol. The Bertz CT molecular complexity index is 811. The average molecular weight is 383 g/mol. The van der Waals surface area contributed by atoms with Crippen LogP contribution >= 0.6 is 23.2 Å². The molecule has 25 heavy (non-hydrogen) atoms. The van der Waals surface area contributed by atoms with Gasteiger partial charge < -0.3 is 10.1 Å². The minimum atomic E-state index is -0.545. The molecule has 0 spiro atoms. The third kappa shape index (κ3) is 5.08. The number of carbonyl (C=O) groups excluding carboxylic acids is 1. The van der Waals surface area contributed by atoms with Gasteiger partial charge in [0.15, 0.2) is 12.4 Å². The Morgan fingerprint density at radius 2 is 2.00 bits per heavy atom. The highest BCUT2D eigenvalue weighted by Crippen LogP contribution is 2.28. The van der Waals surface area contributed by atoms with Crippen molar-refractivity contribution >= 4 is 34.8 Å². The fourth-order valence-corrected chi connectivity index (χ4v) is 2.82. The van der Waals surface area contributed by atoms with E-state index in [1.54, 1.807) is 38.1 Å². The molecule has 0 aliphatic heterocycles. The van der Waals surface area contributed by atoms with Gasteiger partial charge in [0.1, 0.15) is 0 Å². The van der Waals surface area contributed by atoms with Gasteiger partial charge in [-0.1, -0.05) is 35.3 Å². The van der Waals surface area contributed by atoms with Crippen LogP contribution in [0.5, 0.6) is 5.75 Å². The molecule has 2 aromatic carbocycles. The molecule has 0 aliphatic rings. The van der Waals surface area contributed by atoms with E-state index >= 15 is 0 Å². The molecule has 132 valence electrons. The molecule has 2 aromatic rings. The first-order valence-electron chi connectivity index (χ1n) is 7.40. The highest BCUT2D eigenvalue weighted by atomic mass is 35.5. The van der Waals surface area contributed by atoms with Gasteiger partial charge in [-0.25, -0.2) is 0 Å². The summed E-state index contributed by atoms with van der Waals surface area (Å²) in [6.07, 6.45) is 0. The zero-order valence-electron chi connectivity index (χ0n) is 13.6. The van der Waals surface area contributed by atoms with E-state index in [1.165, 1.54) is 12.1 Å². The van der Waals surface area contributed by atoms with E-state index in [-0.39, 0.29) is 24.1 Å². The van der Waals surface area contributed by atoms with Gasteiger partial charge in [0.05, 0.1) is 11.0 Å². The number of hydrogen-bond acceptors (Lipinski definition) is 4. The van der Waals surface area contributed by atoms with Crippen molar-refractivity contribution in [3.63, 3.8) is 0 Å². The van der Waals surface area contributed by atoms with Gasteiger partial charge in [0.25, 0.3) is 5.91 Å². The van der Waals surface area contributed by atoms with Crippen molar-refractivity contribution in [3.05, 3.63) is 67.7 Å². The van der Waals surface area contributed by atoms with Crippen molar-refractivity contribution in [2.75, 3.05) is 6.61 Å². The van der Waals surface area contributed by atoms with Crippen LogP contribution in [0.15, 0.2) is 36.4 Å². The van der Waals surface area contributed by atoms with Gasteiger partial charge >= 0.3 is 5.69 Å². The number of halogens is 2. The number of carbonyl (C=O) groups is 1. The van der Waals surface area contributed by atoms with Crippen molar-refractivity contribution in [1.29, 1.82) is 0 Å². The number of nitro benzene ring substituents is 1. The molecule has 0 saturated heterocycles. The maximum absolute atomic E-state index is 12.1. The average Bonchev–Trinajstić information content (AvgIpc) is 2.53. The van der Waals surface area contributed by atoms with Crippen molar-refractivity contribution < 1.29 is 14.5 Å². The van der Waals surface area contributed by atoms with Crippen molar-refractivity contribution in [1.82, 2.24) is 5.32 Å². The quantitative estimate of drug-likeness (QED) is 0.590. The summed E-state index contributed by atoms with van der Waals surface area (Å²) < 4.78 is 5.29. The number of nitro groups is 1. The summed E-state index contributed by atoms with van der Waals surface area (Å²) in [6, 6.07) is 9.17. The molecule has 0 aromatic heterocycles. The van der Waals surface area contributed by atoms with Crippen LogP contribution in [0.1, 0.15) is 24.1 Å². The van der Waals surface area contributed by atoms with E-state index in [0.717, 1.165) is 5.56 Å². The number of aryl methyl sites for hydroxylation is 1. The van der Waals surface area contributed by atoms with Crippen LogP contribution < -0.4 is 10.1 Å². The third-order valence-electron chi connectivity index (χ3n) is 3.48. The summed E-state index contributed by atoms with van der Waals surface area (Å²) in [5.41, 5.74) is 1.26. The second kappa shape index (κ2) is 8.18. The molecule has 1 atom stereocenters. The fourth-order valence-electron chi connectivity index (χ4n) is 2.25. The van der Waals surface area contributed by atoms with Crippen molar-refractivity contribution in [2.45, 2.75) is 19.9 Å².